The van der Waals surface area contributed by atoms with E-state index in [0.717, 1.165) is 0 Å². The highest BCUT2D eigenvalue weighted by Gasteiger charge is 2.18. The molecule has 0 aromatic carbocycles. The summed E-state index contributed by atoms with van der Waals surface area (Å²) < 4.78 is 0. The molecule has 2 atom stereocenters. The Labute approximate surface area is 95.9 Å². The Morgan fingerprint density at radius 1 is 1.44 bits per heavy atom. The van der Waals surface area contributed by atoms with Crippen LogP contribution in [-0.2, 0) is 4.79 Å². The minimum absolute atomic E-state index is 0.0476. The van der Waals surface area contributed by atoms with Gasteiger partial charge in [0, 0.05) is 6.04 Å². The summed E-state index contributed by atoms with van der Waals surface area (Å²) in [5.74, 6) is -1.01. The first-order valence-corrected chi connectivity index (χ1v) is 5.42. The minimum atomic E-state index is -1.01. The molecule has 0 aliphatic carbocycles. The minimum Gasteiger partial charge on any atom is -0.480 e. The predicted octanol–water partition coefficient (Wildman–Crippen LogP) is 1.50. The standard InChI is InChI=1S/C11H20N2O3/c1-4-6-8(3)12-11(16)13-9(7-5-2)10(14)15/h4,8-9H,1,5-7H2,2-3H3,(H,14,15)(H2,12,13,16)/t8?,9-/m1/s1. The van der Waals surface area contributed by atoms with Crippen molar-refractivity contribution in [3.63, 3.8) is 0 Å². The fourth-order valence-corrected chi connectivity index (χ4v) is 1.28. The molecular weight excluding hydrogens is 208 g/mol. The Balaban J connectivity index is 4.08. The van der Waals surface area contributed by atoms with Crippen LogP contribution in [0.3, 0.4) is 0 Å². The van der Waals surface area contributed by atoms with Crippen LogP contribution < -0.4 is 10.6 Å². The van der Waals surface area contributed by atoms with Gasteiger partial charge in [0.2, 0.25) is 0 Å². The molecule has 5 heteroatoms. The van der Waals surface area contributed by atoms with Crippen molar-refractivity contribution in [1.82, 2.24) is 10.6 Å². The molecule has 16 heavy (non-hydrogen) atoms. The molecule has 0 saturated carbocycles. The Bertz CT molecular complexity index is 254. The maximum atomic E-state index is 11.4. The zero-order chi connectivity index (χ0) is 12.6. The fraction of sp³-hybridized carbons (Fsp3) is 0.636. The van der Waals surface area contributed by atoms with Crippen molar-refractivity contribution in [2.24, 2.45) is 0 Å². The second kappa shape index (κ2) is 7.73. The maximum absolute atomic E-state index is 11.4. The van der Waals surface area contributed by atoms with Gasteiger partial charge in [-0.2, -0.15) is 0 Å². The van der Waals surface area contributed by atoms with Crippen LogP contribution in [-0.4, -0.2) is 29.2 Å². The van der Waals surface area contributed by atoms with Crippen molar-refractivity contribution >= 4 is 12.0 Å². The molecule has 0 bridgehead atoms. The van der Waals surface area contributed by atoms with E-state index in [1.165, 1.54) is 0 Å². The third-order valence-corrected chi connectivity index (χ3v) is 2.08. The second-order valence-electron chi connectivity index (χ2n) is 3.72. The summed E-state index contributed by atoms with van der Waals surface area (Å²) in [4.78, 5) is 22.2. The number of urea groups is 1. The molecule has 0 heterocycles. The highest BCUT2D eigenvalue weighted by atomic mass is 16.4. The number of hydrogen-bond donors (Lipinski definition) is 3. The van der Waals surface area contributed by atoms with Gasteiger partial charge < -0.3 is 15.7 Å². The van der Waals surface area contributed by atoms with Gasteiger partial charge in [-0.3, -0.25) is 0 Å². The van der Waals surface area contributed by atoms with Gasteiger partial charge in [0.15, 0.2) is 0 Å². The first kappa shape index (κ1) is 14.5. The average Bonchev–Trinajstić information content (AvgIpc) is 2.16. The number of carboxylic acids is 1. The summed E-state index contributed by atoms with van der Waals surface area (Å²) in [5, 5.41) is 13.9. The summed E-state index contributed by atoms with van der Waals surface area (Å²) >= 11 is 0. The van der Waals surface area contributed by atoms with Crippen LogP contribution in [0.15, 0.2) is 12.7 Å². The number of carbonyl (C=O) groups excluding carboxylic acids is 1. The van der Waals surface area contributed by atoms with Crippen molar-refractivity contribution in [2.45, 2.75) is 45.2 Å². The lowest BCUT2D eigenvalue weighted by atomic mass is 10.2. The normalized spacial score (nSPS) is 13.6. The molecule has 0 aliphatic rings. The predicted molar refractivity (Wildman–Crippen MR) is 62.3 cm³/mol. The van der Waals surface area contributed by atoms with Crippen LogP contribution >= 0.6 is 0 Å². The van der Waals surface area contributed by atoms with E-state index >= 15 is 0 Å². The van der Waals surface area contributed by atoms with Crippen LogP contribution in [0.1, 0.15) is 33.1 Å². The van der Waals surface area contributed by atoms with Crippen molar-refractivity contribution in [2.75, 3.05) is 0 Å². The molecule has 92 valence electrons. The van der Waals surface area contributed by atoms with Gasteiger partial charge in [-0.05, 0) is 19.8 Å². The van der Waals surface area contributed by atoms with E-state index in [1.807, 2.05) is 13.8 Å². The van der Waals surface area contributed by atoms with E-state index in [-0.39, 0.29) is 6.04 Å². The molecule has 0 saturated heterocycles. The molecule has 3 N–H and O–H groups in total. The van der Waals surface area contributed by atoms with Crippen molar-refractivity contribution in [3.05, 3.63) is 12.7 Å². The molecule has 5 nitrogen and oxygen atoms in total. The van der Waals surface area contributed by atoms with E-state index in [0.29, 0.717) is 19.3 Å². The molecule has 0 spiro atoms. The molecular formula is C11H20N2O3. The number of rotatable bonds is 7. The summed E-state index contributed by atoms with van der Waals surface area (Å²) in [7, 11) is 0. The Morgan fingerprint density at radius 2 is 2.06 bits per heavy atom. The molecule has 0 aromatic rings. The van der Waals surface area contributed by atoms with Gasteiger partial charge in [0.25, 0.3) is 0 Å². The number of hydrogen-bond acceptors (Lipinski definition) is 2. The lowest BCUT2D eigenvalue weighted by molar-refractivity contribution is -0.139. The molecule has 0 aromatic heterocycles. The van der Waals surface area contributed by atoms with Gasteiger partial charge in [0.05, 0.1) is 0 Å². The van der Waals surface area contributed by atoms with E-state index in [9.17, 15) is 9.59 Å². The molecule has 0 rings (SSSR count). The third kappa shape index (κ3) is 6.06. The van der Waals surface area contributed by atoms with Crippen molar-refractivity contribution in [1.29, 1.82) is 0 Å². The zero-order valence-electron chi connectivity index (χ0n) is 9.82. The number of aliphatic carboxylic acids is 1. The van der Waals surface area contributed by atoms with Gasteiger partial charge in [-0.1, -0.05) is 19.4 Å². The zero-order valence-corrected chi connectivity index (χ0v) is 9.82. The van der Waals surface area contributed by atoms with E-state index in [1.54, 1.807) is 6.08 Å². The van der Waals surface area contributed by atoms with Gasteiger partial charge in [-0.15, -0.1) is 6.58 Å². The number of carboxylic acid groups (broad SMARTS) is 1. The molecule has 0 aliphatic heterocycles. The molecule has 0 radical (unpaired) electrons. The van der Waals surface area contributed by atoms with Crippen molar-refractivity contribution in [3.8, 4) is 0 Å². The highest BCUT2D eigenvalue weighted by Crippen LogP contribution is 1.97. The Kier molecular flexibility index (Phi) is 7.00. The average molecular weight is 228 g/mol. The van der Waals surface area contributed by atoms with Gasteiger partial charge in [-0.25, -0.2) is 9.59 Å². The monoisotopic (exact) mass is 228 g/mol. The van der Waals surface area contributed by atoms with Gasteiger partial charge in [0.1, 0.15) is 6.04 Å². The first-order valence-electron chi connectivity index (χ1n) is 5.42. The number of nitrogens with one attached hydrogen (secondary N) is 2. The Hall–Kier alpha value is -1.52. The smallest absolute Gasteiger partial charge is 0.326 e. The number of carbonyl (C=O) groups is 2. The van der Waals surface area contributed by atoms with Crippen LogP contribution in [0.25, 0.3) is 0 Å². The van der Waals surface area contributed by atoms with Crippen LogP contribution in [0.5, 0.6) is 0 Å². The molecule has 2 amide bonds. The summed E-state index contributed by atoms with van der Waals surface area (Å²) in [6, 6.07) is -1.32. The van der Waals surface area contributed by atoms with E-state index in [2.05, 4.69) is 17.2 Å². The lowest BCUT2D eigenvalue weighted by Crippen LogP contribution is -2.48. The summed E-state index contributed by atoms with van der Waals surface area (Å²) in [6.07, 6.45) is 3.49. The Morgan fingerprint density at radius 3 is 2.50 bits per heavy atom. The largest absolute Gasteiger partial charge is 0.480 e. The van der Waals surface area contributed by atoms with Crippen LogP contribution in [0, 0.1) is 0 Å². The second-order valence-corrected chi connectivity index (χ2v) is 3.72. The van der Waals surface area contributed by atoms with Crippen LogP contribution in [0.4, 0.5) is 4.79 Å². The third-order valence-electron chi connectivity index (χ3n) is 2.08. The maximum Gasteiger partial charge on any atom is 0.326 e. The van der Waals surface area contributed by atoms with Crippen molar-refractivity contribution < 1.29 is 14.7 Å². The number of amides is 2. The first-order chi connectivity index (χ1) is 7.51. The topological polar surface area (TPSA) is 78.4 Å². The quantitative estimate of drug-likeness (QED) is 0.578. The SMILES string of the molecule is C=CCC(C)NC(=O)N[C@H](CCC)C(=O)O. The lowest BCUT2D eigenvalue weighted by Gasteiger charge is -2.17. The van der Waals surface area contributed by atoms with E-state index < -0.39 is 18.0 Å². The van der Waals surface area contributed by atoms with E-state index in [4.69, 9.17) is 5.11 Å². The van der Waals surface area contributed by atoms with Gasteiger partial charge >= 0.3 is 12.0 Å². The highest BCUT2D eigenvalue weighted by molar-refractivity contribution is 5.82. The summed E-state index contributed by atoms with van der Waals surface area (Å²) in [6.45, 7) is 7.26. The van der Waals surface area contributed by atoms with Crippen LogP contribution in [0.2, 0.25) is 0 Å². The summed E-state index contributed by atoms with van der Waals surface area (Å²) in [5.41, 5.74) is 0. The molecule has 0 fully saturated rings. The molecule has 1 unspecified atom stereocenters. The fourth-order valence-electron chi connectivity index (χ4n) is 1.28.